The summed E-state index contributed by atoms with van der Waals surface area (Å²) in [5.74, 6) is -6.46. The van der Waals surface area contributed by atoms with Crippen LogP contribution in [-0.2, 0) is 6.42 Å². The third-order valence-corrected chi connectivity index (χ3v) is 3.47. The van der Waals surface area contributed by atoms with Gasteiger partial charge in [-0.15, -0.1) is 0 Å². The third-order valence-electron chi connectivity index (χ3n) is 3.47. The maximum absolute atomic E-state index is 14.1. The Kier molecular flexibility index (Phi) is 5.03. The minimum Gasteiger partial charge on any atom is -0.477 e. The van der Waals surface area contributed by atoms with Crippen molar-refractivity contribution in [1.29, 1.82) is 0 Å². The van der Waals surface area contributed by atoms with Crippen molar-refractivity contribution < 1.29 is 27.5 Å². The van der Waals surface area contributed by atoms with Crippen LogP contribution >= 0.6 is 0 Å². The second-order valence-electron chi connectivity index (χ2n) is 5.16. The fourth-order valence-corrected chi connectivity index (χ4v) is 2.35. The van der Waals surface area contributed by atoms with E-state index < -0.39 is 40.4 Å². The highest BCUT2D eigenvalue weighted by Crippen LogP contribution is 2.30. The number of benzene rings is 2. The molecule has 0 heterocycles. The van der Waals surface area contributed by atoms with E-state index in [0.717, 1.165) is 25.0 Å². The Balaban J connectivity index is 2.52. The molecule has 1 N–H and O–H groups in total. The molecule has 2 nitrogen and oxygen atoms in total. The summed E-state index contributed by atoms with van der Waals surface area (Å²) in [5, 5.41) is 8.71. The van der Waals surface area contributed by atoms with Gasteiger partial charge in [0.1, 0.15) is 28.8 Å². The zero-order valence-electron chi connectivity index (χ0n) is 12.3. The van der Waals surface area contributed by atoms with Crippen LogP contribution in [-0.4, -0.2) is 11.1 Å². The molecule has 2 rings (SSSR count). The van der Waals surface area contributed by atoms with Gasteiger partial charge in [-0.1, -0.05) is 13.3 Å². The molecule has 0 amide bonds. The number of aromatic carboxylic acids is 1. The molecule has 2 aromatic carbocycles. The van der Waals surface area contributed by atoms with Crippen LogP contribution in [0.1, 0.15) is 35.7 Å². The van der Waals surface area contributed by atoms with Gasteiger partial charge in [0.15, 0.2) is 0 Å². The second-order valence-corrected chi connectivity index (χ2v) is 5.16. The predicted octanol–water partition coefficient (Wildman–Crippen LogP) is 4.95. The molecular formula is C17H14F4O2. The fraction of sp³-hybridized carbons (Fsp3) is 0.235. The zero-order valence-corrected chi connectivity index (χ0v) is 12.3. The van der Waals surface area contributed by atoms with Crippen molar-refractivity contribution in [3.63, 3.8) is 0 Å². The lowest BCUT2D eigenvalue weighted by molar-refractivity contribution is 0.0686. The molecule has 0 unspecified atom stereocenters. The van der Waals surface area contributed by atoms with E-state index >= 15 is 0 Å². The monoisotopic (exact) mass is 326 g/mol. The van der Waals surface area contributed by atoms with Gasteiger partial charge in [0.2, 0.25) is 0 Å². The van der Waals surface area contributed by atoms with E-state index in [4.69, 9.17) is 5.11 Å². The minimum absolute atomic E-state index is 0.387. The summed E-state index contributed by atoms with van der Waals surface area (Å²) < 4.78 is 55.7. The van der Waals surface area contributed by atoms with E-state index in [1.54, 1.807) is 0 Å². The number of carboxylic acid groups (broad SMARTS) is 1. The van der Waals surface area contributed by atoms with Gasteiger partial charge in [-0.3, -0.25) is 0 Å². The molecule has 0 saturated heterocycles. The molecule has 0 aliphatic rings. The van der Waals surface area contributed by atoms with E-state index in [9.17, 15) is 22.4 Å². The van der Waals surface area contributed by atoms with Crippen molar-refractivity contribution in [2.24, 2.45) is 0 Å². The van der Waals surface area contributed by atoms with Crippen molar-refractivity contribution in [1.82, 2.24) is 0 Å². The van der Waals surface area contributed by atoms with Gasteiger partial charge >= 0.3 is 5.97 Å². The van der Waals surface area contributed by atoms with Gasteiger partial charge in [0.25, 0.3) is 0 Å². The van der Waals surface area contributed by atoms with E-state index in [1.807, 2.05) is 6.92 Å². The molecule has 23 heavy (non-hydrogen) atoms. The van der Waals surface area contributed by atoms with Crippen LogP contribution in [0.4, 0.5) is 17.6 Å². The van der Waals surface area contributed by atoms with Crippen LogP contribution < -0.4 is 0 Å². The number of aryl methyl sites for hydroxylation is 1. The maximum Gasteiger partial charge on any atom is 0.341 e. The standard InChI is InChI=1S/C17H14F4O2/c1-2-3-4-9-5-11(18)15(12(19)6-9)10-7-13(20)16(17(22)23)14(21)8-10/h5-8H,2-4H2,1H3,(H,22,23). The summed E-state index contributed by atoms with van der Waals surface area (Å²) in [7, 11) is 0. The van der Waals surface area contributed by atoms with E-state index in [-0.39, 0.29) is 5.56 Å². The summed E-state index contributed by atoms with van der Waals surface area (Å²) >= 11 is 0. The summed E-state index contributed by atoms with van der Waals surface area (Å²) in [5.41, 5.74) is -1.68. The zero-order chi connectivity index (χ0) is 17.1. The lowest BCUT2D eigenvalue weighted by atomic mass is 9.98. The van der Waals surface area contributed by atoms with Crippen LogP contribution in [0.15, 0.2) is 24.3 Å². The van der Waals surface area contributed by atoms with Crippen LogP contribution in [0, 0.1) is 23.3 Å². The van der Waals surface area contributed by atoms with Crippen LogP contribution in [0.2, 0.25) is 0 Å². The highest BCUT2D eigenvalue weighted by atomic mass is 19.1. The number of hydrogen-bond acceptors (Lipinski definition) is 1. The number of hydrogen-bond donors (Lipinski definition) is 1. The Bertz CT molecular complexity index is 710. The SMILES string of the molecule is CCCCc1cc(F)c(-c2cc(F)c(C(=O)O)c(F)c2)c(F)c1. The molecule has 6 heteroatoms. The average Bonchev–Trinajstić information content (AvgIpc) is 2.43. The van der Waals surface area contributed by atoms with Crippen LogP contribution in [0.3, 0.4) is 0 Å². The maximum atomic E-state index is 14.1. The van der Waals surface area contributed by atoms with Crippen LogP contribution in [0.5, 0.6) is 0 Å². The molecule has 0 spiro atoms. The van der Waals surface area contributed by atoms with Gasteiger partial charge in [-0.2, -0.15) is 0 Å². The van der Waals surface area contributed by atoms with Crippen molar-refractivity contribution in [3.05, 3.63) is 58.7 Å². The fourth-order valence-electron chi connectivity index (χ4n) is 2.35. The molecule has 0 fully saturated rings. The number of carboxylic acids is 1. The van der Waals surface area contributed by atoms with E-state index in [0.29, 0.717) is 24.1 Å². The molecule has 0 bridgehead atoms. The second kappa shape index (κ2) is 6.81. The summed E-state index contributed by atoms with van der Waals surface area (Å²) in [6.07, 6.45) is 2.11. The number of halogens is 4. The molecule has 0 atom stereocenters. The van der Waals surface area contributed by atoms with Gasteiger partial charge in [0.05, 0.1) is 5.56 Å². The van der Waals surface area contributed by atoms with Crippen molar-refractivity contribution in [2.45, 2.75) is 26.2 Å². The predicted molar refractivity (Wildman–Crippen MR) is 77.3 cm³/mol. The first-order valence-electron chi connectivity index (χ1n) is 7.05. The molecule has 0 radical (unpaired) electrons. The molecule has 0 aliphatic heterocycles. The van der Waals surface area contributed by atoms with E-state index in [2.05, 4.69) is 0 Å². The molecular weight excluding hydrogens is 312 g/mol. The van der Waals surface area contributed by atoms with Crippen molar-refractivity contribution >= 4 is 5.97 Å². The normalized spacial score (nSPS) is 10.8. The van der Waals surface area contributed by atoms with Gasteiger partial charge in [-0.05, 0) is 48.2 Å². The van der Waals surface area contributed by atoms with Crippen molar-refractivity contribution in [3.8, 4) is 11.1 Å². The molecule has 2 aromatic rings. The Hall–Kier alpha value is -2.37. The van der Waals surface area contributed by atoms with E-state index in [1.165, 1.54) is 0 Å². The largest absolute Gasteiger partial charge is 0.477 e. The highest BCUT2D eigenvalue weighted by Gasteiger charge is 2.21. The quantitative estimate of drug-likeness (QED) is 0.789. The van der Waals surface area contributed by atoms with Gasteiger partial charge < -0.3 is 5.11 Å². The van der Waals surface area contributed by atoms with Gasteiger partial charge in [-0.25, -0.2) is 22.4 Å². The number of unbranched alkanes of at least 4 members (excludes halogenated alkanes) is 1. The highest BCUT2D eigenvalue weighted by molar-refractivity contribution is 5.89. The summed E-state index contributed by atoms with van der Waals surface area (Å²) in [6, 6.07) is 3.46. The molecule has 0 saturated carbocycles. The minimum atomic E-state index is -1.79. The Morgan fingerprint density at radius 3 is 1.91 bits per heavy atom. The van der Waals surface area contributed by atoms with Crippen LogP contribution in [0.25, 0.3) is 11.1 Å². The first kappa shape index (κ1) is 17.0. The lowest BCUT2D eigenvalue weighted by Gasteiger charge is -2.10. The Labute approximate surface area is 130 Å². The average molecular weight is 326 g/mol. The Morgan fingerprint density at radius 2 is 1.48 bits per heavy atom. The molecule has 0 aliphatic carbocycles. The van der Waals surface area contributed by atoms with Crippen molar-refractivity contribution in [2.75, 3.05) is 0 Å². The summed E-state index contributed by atoms with van der Waals surface area (Å²) in [4.78, 5) is 10.7. The summed E-state index contributed by atoms with van der Waals surface area (Å²) in [6.45, 7) is 1.94. The first-order chi connectivity index (χ1) is 10.8. The molecule has 122 valence electrons. The molecule has 0 aromatic heterocycles. The lowest BCUT2D eigenvalue weighted by Crippen LogP contribution is -2.05. The topological polar surface area (TPSA) is 37.3 Å². The Morgan fingerprint density at radius 1 is 0.957 bits per heavy atom. The third kappa shape index (κ3) is 3.52. The number of rotatable bonds is 5. The van der Waals surface area contributed by atoms with Gasteiger partial charge in [0, 0.05) is 0 Å². The number of carbonyl (C=O) groups is 1. The first-order valence-corrected chi connectivity index (χ1v) is 7.05. The smallest absolute Gasteiger partial charge is 0.341 e.